The van der Waals surface area contributed by atoms with E-state index in [0.29, 0.717) is 6.04 Å². The minimum atomic E-state index is -0.177. The second-order valence-corrected chi connectivity index (χ2v) is 7.06. The Morgan fingerprint density at radius 1 is 1.33 bits per heavy atom. The van der Waals surface area contributed by atoms with E-state index >= 15 is 0 Å². The summed E-state index contributed by atoms with van der Waals surface area (Å²) in [6.07, 6.45) is 2.14. The van der Waals surface area contributed by atoms with Crippen LogP contribution in [0, 0.1) is 0 Å². The summed E-state index contributed by atoms with van der Waals surface area (Å²) in [6.45, 7) is 8.45. The zero-order chi connectivity index (χ0) is 15.9. The normalized spacial score (nSPS) is 13.7. The average molecular weight is 357 g/mol. The van der Waals surface area contributed by atoms with Gasteiger partial charge in [-0.05, 0) is 51.9 Å². The Morgan fingerprint density at radius 3 is 2.57 bits per heavy atom. The highest BCUT2D eigenvalue weighted by molar-refractivity contribution is 9.10. The molecule has 1 aromatic carbocycles. The molecule has 0 aliphatic heterocycles. The zero-order valence-electron chi connectivity index (χ0n) is 13.7. The summed E-state index contributed by atoms with van der Waals surface area (Å²) in [5.74, 6) is 0. The van der Waals surface area contributed by atoms with Crippen molar-refractivity contribution < 1.29 is 5.11 Å². The van der Waals surface area contributed by atoms with Crippen LogP contribution in [-0.4, -0.2) is 42.3 Å². The van der Waals surface area contributed by atoms with E-state index in [9.17, 15) is 5.11 Å². The van der Waals surface area contributed by atoms with Gasteiger partial charge in [0.1, 0.15) is 0 Å². The van der Waals surface area contributed by atoms with E-state index in [-0.39, 0.29) is 12.1 Å². The second kappa shape index (κ2) is 8.89. The lowest BCUT2D eigenvalue weighted by Crippen LogP contribution is -2.45. The summed E-state index contributed by atoms with van der Waals surface area (Å²) >= 11 is 3.66. The van der Waals surface area contributed by atoms with Crippen LogP contribution in [-0.2, 0) is 0 Å². The molecule has 0 heterocycles. The van der Waals surface area contributed by atoms with Gasteiger partial charge in [0.2, 0.25) is 0 Å². The second-order valence-electron chi connectivity index (χ2n) is 6.21. The lowest BCUT2D eigenvalue weighted by molar-refractivity contribution is 0.0757. The monoisotopic (exact) mass is 356 g/mol. The highest BCUT2D eigenvalue weighted by Crippen LogP contribution is 2.26. The molecule has 0 saturated heterocycles. The molecule has 0 spiro atoms. The quantitative estimate of drug-likeness (QED) is 0.709. The predicted molar refractivity (Wildman–Crippen MR) is 93.6 cm³/mol. The molecule has 21 heavy (non-hydrogen) atoms. The molecule has 0 amide bonds. The molecule has 120 valence electrons. The van der Waals surface area contributed by atoms with E-state index in [1.807, 2.05) is 6.07 Å². The first kappa shape index (κ1) is 18.6. The minimum absolute atomic E-state index is 0.172. The maximum atomic E-state index is 9.47. The Kier molecular flexibility index (Phi) is 7.88. The molecule has 1 atom stereocenters. The van der Waals surface area contributed by atoms with Crippen LogP contribution in [0.2, 0.25) is 0 Å². The summed E-state index contributed by atoms with van der Waals surface area (Å²) < 4.78 is 1.16. The Morgan fingerprint density at radius 2 is 2.00 bits per heavy atom. The largest absolute Gasteiger partial charge is 0.394 e. The van der Waals surface area contributed by atoms with Crippen molar-refractivity contribution in [1.29, 1.82) is 0 Å². The number of hydrogen-bond donors (Lipinski definition) is 2. The Hall–Kier alpha value is -0.420. The number of hydrogen-bond acceptors (Lipinski definition) is 3. The van der Waals surface area contributed by atoms with Crippen molar-refractivity contribution in [3.05, 3.63) is 34.3 Å². The number of likely N-dealkylation sites (N-methyl/N-ethyl adjacent to an activating group) is 1. The number of nitrogens with one attached hydrogen (secondary N) is 1. The van der Waals surface area contributed by atoms with Gasteiger partial charge in [-0.1, -0.05) is 41.1 Å². The predicted octanol–water partition coefficient (Wildman–Crippen LogP) is 3.58. The van der Waals surface area contributed by atoms with Gasteiger partial charge >= 0.3 is 0 Å². The van der Waals surface area contributed by atoms with Gasteiger partial charge in [-0.2, -0.15) is 0 Å². The Balaban J connectivity index is 2.74. The smallest absolute Gasteiger partial charge is 0.0609 e. The van der Waals surface area contributed by atoms with E-state index in [4.69, 9.17) is 0 Å². The first-order chi connectivity index (χ1) is 9.92. The molecule has 0 aliphatic rings. The van der Waals surface area contributed by atoms with Crippen LogP contribution >= 0.6 is 15.9 Å². The Labute approximate surface area is 137 Å². The molecule has 0 saturated carbocycles. The summed E-state index contributed by atoms with van der Waals surface area (Å²) in [6, 6.07) is 8.73. The first-order valence-electron chi connectivity index (χ1n) is 7.72. The standard InChI is InChI=1S/C17H29BrN2O/c1-5-11-19-16(14-8-6-7-9-15(14)18)10-12-20(4)17(2,3)13-21/h6-9,16,19,21H,5,10-13H2,1-4H3. The molecule has 0 bridgehead atoms. The lowest BCUT2D eigenvalue weighted by atomic mass is 10.0. The molecular formula is C17H29BrN2O. The summed E-state index contributed by atoms with van der Waals surface area (Å²) in [5, 5.41) is 13.1. The Bertz CT molecular complexity index is 423. The number of benzene rings is 1. The molecule has 1 aromatic rings. The topological polar surface area (TPSA) is 35.5 Å². The van der Waals surface area contributed by atoms with Gasteiger partial charge in [-0.3, -0.25) is 4.90 Å². The fraction of sp³-hybridized carbons (Fsp3) is 0.647. The fourth-order valence-electron chi connectivity index (χ4n) is 2.19. The van der Waals surface area contributed by atoms with E-state index < -0.39 is 0 Å². The highest BCUT2D eigenvalue weighted by atomic mass is 79.9. The van der Waals surface area contributed by atoms with Gasteiger partial charge < -0.3 is 10.4 Å². The van der Waals surface area contributed by atoms with E-state index in [1.54, 1.807) is 0 Å². The van der Waals surface area contributed by atoms with Gasteiger partial charge in [0.25, 0.3) is 0 Å². The van der Waals surface area contributed by atoms with Crippen molar-refractivity contribution in [2.75, 3.05) is 26.7 Å². The van der Waals surface area contributed by atoms with Crippen molar-refractivity contribution in [3.8, 4) is 0 Å². The summed E-state index contributed by atoms with van der Waals surface area (Å²) in [5.41, 5.74) is 1.13. The van der Waals surface area contributed by atoms with E-state index in [0.717, 1.165) is 30.4 Å². The molecular weight excluding hydrogens is 328 g/mol. The number of halogens is 1. The van der Waals surface area contributed by atoms with E-state index in [1.165, 1.54) is 5.56 Å². The van der Waals surface area contributed by atoms with Gasteiger partial charge in [0, 0.05) is 22.6 Å². The first-order valence-corrected chi connectivity index (χ1v) is 8.51. The fourth-order valence-corrected chi connectivity index (χ4v) is 2.75. The van der Waals surface area contributed by atoms with Crippen molar-refractivity contribution in [2.24, 2.45) is 0 Å². The number of aliphatic hydroxyl groups is 1. The molecule has 0 fully saturated rings. The van der Waals surface area contributed by atoms with Crippen molar-refractivity contribution in [1.82, 2.24) is 10.2 Å². The van der Waals surface area contributed by atoms with Gasteiger partial charge in [0.05, 0.1) is 6.61 Å². The molecule has 0 aliphatic carbocycles. The van der Waals surface area contributed by atoms with Gasteiger partial charge in [-0.25, -0.2) is 0 Å². The molecule has 4 heteroatoms. The summed E-state index contributed by atoms with van der Waals surface area (Å²) in [4.78, 5) is 2.23. The molecule has 3 nitrogen and oxygen atoms in total. The van der Waals surface area contributed by atoms with Crippen LogP contribution in [0.25, 0.3) is 0 Å². The number of aliphatic hydroxyl groups excluding tert-OH is 1. The molecule has 2 N–H and O–H groups in total. The van der Waals surface area contributed by atoms with Crippen LogP contribution in [0.5, 0.6) is 0 Å². The van der Waals surface area contributed by atoms with Crippen LogP contribution in [0.15, 0.2) is 28.7 Å². The number of nitrogens with zero attached hydrogens (tertiary/aromatic N) is 1. The molecule has 1 unspecified atom stereocenters. The molecule has 1 rings (SSSR count). The molecule has 0 aromatic heterocycles. The summed E-state index contributed by atoms with van der Waals surface area (Å²) in [7, 11) is 2.08. The van der Waals surface area contributed by atoms with Crippen molar-refractivity contribution >= 4 is 15.9 Å². The van der Waals surface area contributed by atoms with Crippen molar-refractivity contribution in [2.45, 2.75) is 45.2 Å². The lowest BCUT2D eigenvalue weighted by Gasteiger charge is -2.35. The minimum Gasteiger partial charge on any atom is -0.394 e. The van der Waals surface area contributed by atoms with Crippen LogP contribution in [0.3, 0.4) is 0 Å². The van der Waals surface area contributed by atoms with Crippen LogP contribution < -0.4 is 5.32 Å². The van der Waals surface area contributed by atoms with Gasteiger partial charge in [-0.15, -0.1) is 0 Å². The average Bonchev–Trinajstić information content (AvgIpc) is 2.48. The maximum Gasteiger partial charge on any atom is 0.0609 e. The van der Waals surface area contributed by atoms with Crippen molar-refractivity contribution in [3.63, 3.8) is 0 Å². The highest BCUT2D eigenvalue weighted by Gasteiger charge is 2.23. The zero-order valence-corrected chi connectivity index (χ0v) is 15.3. The van der Waals surface area contributed by atoms with Crippen LogP contribution in [0.1, 0.15) is 45.2 Å². The SMILES string of the molecule is CCCNC(CCN(C)C(C)(C)CO)c1ccccc1Br. The maximum absolute atomic E-state index is 9.47. The van der Waals surface area contributed by atoms with Crippen LogP contribution in [0.4, 0.5) is 0 Å². The van der Waals surface area contributed by atoms with Gasteiger partial charge in [0.15, 0.2) is 0 Å². The third-order valence-corrected chi connectivity index (χ3v) is 4.82. The van der Waals surface area contributed by atoms with E-state index in [2.05, 4.69) is 72.2 Å². The molecule has 0 radical (unpaired) electrons. The third-order valence-electron chi connectivity index (χ3n) is 4.09. The number of rotatable bonds is 9. The third kappa shape index (κ3) is 5.70.